The molecule has 0 aromatic carbocycles. The van der Waals surface area contributed by atoms with Gasteiger partial charge in [0.05, 0.1) is 17.6 Å². The SMILES string of the molecule is O=C(O)CCC(CN=C=S)C(F)(F)F. The minimum Gasteiger partial charge on any atom is -0.481 e. The van der Waals surface area contributed by atoms with E-state index in [4.69, 9.17) is 5.11 Å². The van der Waals surface area contributed by atoms with Crippen molar-refractivity contribution in [1.29, 1.82) is 0 Å². The first kappa shape index (κ1) is 13.1. The van der Waals surface area contributed by atoms with Gasteiger partial charge in [0, 0.05) is 6.42 Å². The lowest BCUT2D eigenvalue weighted by atomic mass is 10.0. The second-order valence-corrected chi connectivity index (χ2v) is 2.79. The fourth-order valence-corrected chi connectivity index (χ4v) is 0.878. The average Bonchev–Trinajstić information content (AvgIpc) is 2.01. The van der Waals surface area contributed by atoms with Gasteiger partial charge in [-0.2, -0.15) is 13.2 Å². The molecule has 0 aromatic rings. The molecule has 0 aliphatic heterocycles. The zero-order valence-electron chi connectivity index (χ0n) is 7.04. The molecule has 0 aliphatic rings. The largest absolute Gasteiger partial charge is 0.481 e. The number of halogens is 3. The maximum Gasteiger partial charge on any atom is 0.393 e. The Balaban J connectivity index is 4.25. The van der Waals surface area contributed by atoms with Crippen LogP contribution < -0.4 is 0 Å². The van der Waals surface area contributed by atoms with E-state index >= 15 is 0 Å². The number of thiocarbonyl (C=S) groups is 1. The number of rotatable bonds is 5. The van der Waals surface area contributed by atoms with Gasteiger partial charge in [-0.1, -0.05) is 0 Å². The van der Waals surface area contributed by atoms with Gasteiger partial charge in [0.15, 0.2) is 0 Å². The minimum absolute atomic E-state index is 0.487. The Kier molecular flexibility index (Phi) is 5.34. The van der Waals surface area contributed by atoms with Crippen LogP contribution in [0.5, 0.6) is 0 Å². The van der Waals surface area contributed by atoms with Crippen molar-refractivity contribution >= 4 is 23.3 Å². The molecule has 0 aromatic heterocycles. The summed E-state index contributed by atoms with van der Waals surface area (Å²) in [5, 5.41) is 10.0. The molecule has 0 radical (unpaired) electrons. The third-order valence-electron chi connectivity index (χ3n) is 1.55. The summed E-state index contributed by atoms with van der Waals surface area (Å²) in [4.78, 5) is 13.2. The molecule has 0 saturated carbocycles. The number of aliphatic carboxylic acids is 1. The summed E-state index contributed by atoms with van der Waals surface area (Å²) in [5.41, 5.74) is 0. The first-order valence-electron chi connectivity index (χ1n) is 3.70. The predicted octanol–water partition coefficient (Wildman–Crippen LogP) is 2.13. The van der Waals surface area contributed by atoms with Crippen LogP contribution in [0.1, 0.15) is 12.8 Å². The highest BCUT2D eigenvalue weighted by Gasteiger charge is 2.39. The van der Waals surface area contributed by atoms with Crippen molar-refractivity contribution in [3.63, 3.8) is 0 Å². The predicted molar refractivity (Wildman–Crippen MR) is 46.3 cm³/mol. The highest BCUT2D eigenvalue weighted by Crippen LogP contribution is 2.29. The van der Waals surface area contributed by atoms with Crippen LogP contribution in [0.4, 0.5) is 13.2 Å². The van der Waals surface area contributed by atoms with E-state index in [1.165, 1.54) is 0 Å². The van der Waals surface area contributed by atoms with E-state index in [9.17, 15) is 18.0 Å². The summed E-state index contributed by atoms with van der Waals surface area (Å²) in [7, 11) is 0. The Morgan fingerprint density at radius 1 is 1.57 bits per heavy atom. The van der Waals surface area contributed by atoms with E-state index in [0.717, 1.165) is 0 Å². The summed E-state index contributed by atoms with van der Waals surface area (Å²) in [6, 6.07) is 0. The molecule has 0 saturated heterocycles. The number of hydrogen-bond acceptors (Lipinski definition) is 3. The molecule has 7 heteroatoms. The highest BCUT2D eigenvalue weighted by atomic mass is 32.1. The molecule has 14 heavy (non-hydrogen) atoms. The zero-order chi connectivity index (χ0) is 11.2. The van der Waals surface area contributed by atoms with Crippen molar-refractivity contribution in [2.45, 2.75) is 19.0 Å². The van der Waals surface area contributed by atoms with Crippen molar-refractivity contribution < 1.29 is 23.1 Å². The molecule has 0 aliphatic carbocycles. The zero-order valence-corrected chi connectivity index (χ0v) is 7.86. The topological polar surface area (TPSA) is 49.7 Å². The highest BCUT2D eigenvalue weighted by molar-refractivity contribution is 7.78. The fourth-order valence-electron chi connectivity index (χ4n) is 0.804. The number of alkyl halides is 3. The Hall–Kier alpha value is -0.940. The van der Waals surface area contributed by atoms with Crippen LogP contribution in [0.25, 0.3) is 0 Å². The fraction of sp³-hybridized carbons (Fsp3) is 0.714. The van der Waals surface area contributed by atoms with Crippen LogP contribution in [0.2, 0.25) is 0 Å². The number of carboxylic acid groups (broad SMARTS) is 1. The number of carboxylic acids is 1. The number of carbonyl (C=O) groups is 1. The van der Waals surface area contributed by atoms with E-state index < -0.39 is 37.4 Å². The molecule has 1 atom stereocenters. The van der Waals surface area contributed by atoms with Crippen LogP contribution in [-0.4, -0.2) is 29.0 Å². The molecule has 1 N–H and O–H groups in total. The van der Waals surface area contributed by atoms with Gasteiger partial charge in [-0.25, -0.2) is 4.99 Å². The molecule has 3 nitrogen and oxygen atoms in total. The van der Waals surface area contributed by atoms with Crippen LogP contribution in [0.15, 0.2) is 4.99 Å². The van der Waals surface area contributed by atoms with Crippen LogP contribution in [-0.2, 0) is 4.79 Å². The second-order valence-electron chi connectivity index (χ2n) is 2.60. The van der Waals surface area contributed by atoms with Gasteiger partial charge in [0.25, 0.3) is 0 Å². The minimum atomic E-state index is -4.44. The Morgan fingerprint density at radius 2 is 2.14 bits per heavy atom. The van der Waals surface area contributed by atoms with Crippen molar-refractivity contribution in [2.75, 3.05) is 6.54 Å². The summed E-state index contributed by atoms with van der Waals surface area (Å²) in [5.74, 6) is -3.01. The second kappa shape index (κ2) is 5.72. The van der Waals surface area contributed by atoms with E-state index in [1.54, 1.807) is 0 Å². The van der Waals surface area contributed by atoms with Crippen LogP contribution in [0, 0.1) is 5.92 Å². The smallest absolute Gasteiger partial charge is 0.393 e. The standard InChI is InChI=1S/C7H8F3NO2S/c8-7(9,10)5(3-11-4-14)1-2-6(12)13/h5H,1-3H2,(H,12,13). The lowest BCUT2D eigenvalue weighted by molar-refractivity contribution is -0.174. The van der Waals surface area contributed by atoms with Gasteiger partial charge in [-0.05, 0) is 18.6 Å². The summed E-state index contributed by atoms with van der Waals surface area (Å²) in [6.45, 7) is -0.555. The van der Waals surface area contributed by atoms with E-state index in [2.05, 4.69) is 17.2 Å². The maximum atomic E-state index is 12.2. The maximum absolute atomic E-state index is 12.2. The van der Waals surface area contributed by atoms with Crippen molar-refractivity contribution in [1.82, 2.24) is 0 Å². The van der Waals surface area contributed by atoms with E-state index in [1.807, 2.05) is 5.16 Å². The van der Waals surface area contributed by atoms with Crippen molar-refractivity contribution in [3.8, 4) is 0 Å². The third-order valence-corrected chi connectivity index (χ3v) is 1.67. The third kappa shape index (κ3) is 5.66. The Bertz CT molecular complexity index is 248. The molecular weight excluding hydrogens is 219 g/mol. The number of nitrogens with zero attached hydrogens (tertiary/aromatic N) is 1. The first-order chi connectivity index (χ1) is 6.38. The van der Waals surface area contributed by atoms with Gasteiger partial charge >= 0.3 is 12.1 Å². The molecule has 0 fully saturated rings. The monoisotopic (exact) mass is 227 g/mol. The summed E-state index contributed by atoms with van der Waals surface area (Å²) < 4.78 is 36.5. The molecule has 1 unspecified atom stereocenters. The average molecular weight is 227 g/mol. The molecule has 0 amide bonds. The number of aliphatic imine (C=N–C) groups is 1. The van der Waals surface area contributed by atoms with Gasteiger partial charge in [0.2, 0.25) is 0 Å². The molecular formula is C7H8F3NO2S. The Labute approximate surface area is 83.6 Å². The van der Waals surface area contributed by atoms with Crippen LogP contribution in [0.3, 0.4) is 0 Å². The van der Waals surface area contributed by atoms with Gasteiger partial charge < -0.3 is 5.11 Å². The van der Waals surface area contributed by atoms with Gasteiger partial charge in [0.1, 0.15) is 0 Å². The quantitative estimate of drug-likeness (QED) is 0.578. The van der Waals surface area contributed by atoms with Gasteiger partial charge in [-0.3, -0.25) is 4.79 Å². The van der Waals surface area contributed by atoms with E-state index in [-0.39, 0.29) is 0 Å². The van der Waals surface area contributed by atoms with Crippen LogP contribution >= 0.6 is 12.2 Å². The lowest BCUT2D eigenvalue weighted by Gasteiger charge is -2.16. The lowest BCUT2D eigenvalue weighted by Crippen LogP contribution is -2.26. The molecule has 0 spiro atoms. The molecule has 0 bridgehead atoms. The molecule has 80 valence electrons. The van der Waals surface area contributed by atoms with Crippen molar-refractivity contribution in [2.24, 2.45) is 10.9 Å². The summed E-state index contributed by atoms with van der Waals surface area (Å²) >= 11 is 4.13. The normalized spacial score (nSPS) is 13.1. The number of hydrogen-bond donors (Lipinski definition) is 1. The number of isothiocyanates is 1. The van der Waals surface area contributed by atoms with Crippen molar-refractivity contribution in [3.05, 3.63) is 0 Å². The molecule has 0 heterocycles. The first-order valence-corrected chi connectivity index (χ1v) is 4.11. The Morgan fingerprint density at radius 3 is 2.50 bits per heavy atom. The molecule has 0 rings (SSSR count). The van der Waals surface area contributed by atoms with Gasteiger partial charge in [-0.15, -0.1) is 0 Å². The van der Waals surface area contributed by atoms with E-state index in [0.29, 0.717) is 0 Å². The summed E-state index contributed by atoms with van der Waals surface area (Å²) in [6.07, 6.45) is -5.46.